The first-order chi connectivity index (χ1) is 9.74. The highest BCUT2D eigenvalue weighted by Crippen LogP contribution is 2.37. The van der Waals surface area contributed by atoms with Crippen LogP contribution in [0.15, 0.2) is 4.90 Å². The summed E-state index contributed by atoms with van der Waals surface area (Å²) >= 11 is 5.80. The van der Waals surface area contributed by atoms with E-state index in [9.17, 15) is 8.42 Å². The summed E-state index contributed by atoms with van der Waals surface area (Å²) in [5.74, 6) is 0.0750. The molecule has 8 heteroatoms. The number of nitrogens with zero attached hydrogens (tertiary/aromatic N) is 3. The number of hydrogen-bond donors (Lipinski definition) is 1. The second kappa shape index (κ2) is 5.87. The van der Waals surface area contributed by atoms with Crippen LogP contribution in [-0.2, 0) is 15.9 Å². The van der Waals surface area contributed by atoms with E-state index < -0.39 is 10.0 Å². The van der Waals surface area contributed by atoms with Crippen LogP contribution in [0.25, 0.3) is 0 Å². The van der Waals surface area contributed by atoms with Crippen molar-refractivity contribution in [3.8, 4) is 0 Å². The summed E-state index contributed by atoms with van der Waals surface area (Å²) < 4.78 is 27.1. The van der Waals surface area contributed by atoms with Gasteiger partial charge in [-0.25, -0.2) is 8.42 Å². The highest BCUT2D eigenvalue weighted by atomic mass is 35.5. The Morgan fingerprint density at radius 3 is 2.38 bits per heavy atom. The van der Waals surface area contributed by atoms with Gasteiger partial charge in [-0.05, 0) is 40.3 Å². The van der Waals surface area contributed by atoms with E-state index in [1.165, 1.54) is 4.31 Å². The largest absolute Gasteiger partial charge is 0.302 e. The van der Waals surface area contributed by atoms with Crippen molar-refractivity contribution >= 4 is 21.6 Å². The van der Waals surface area contributed by atoms with Crippen molar-refractivity contribution in [1.29, 1.82) is 0 Å². The molecule has 1 aliphatic rings. The predicted octanol–water partition coefficient (Wildman–Crippen LogP) is 1.56. The average Bonchev–Trinajstić information content (AvgIpc) is 2.74. The molecule has 0 radical (unpaired) electrons. The molecule has 0 saturated heterocycles. The minimum absolute atomic E-state index is 0.0550. The zero-order valence-corrected chi connectivity index (χ0v) is 14.6. The van der Waals surface area contributed by atoms with Crippen LogP contribution in [0.4, 0.5) is 0 Å². The minimum atomic E-state index is -3.58. The quantitative estimate of drug-likeness (QED) is 0.802. The van der Waals surface area contributed by atoms with Crippen molar-refractivity contribution in [2.24, 2.45) is 0 Å². The van der Waals surface area contributed by atoms with E-state index >= 15 is 0 Å². The molecule has 0 spiro atoms. The molecule has 1 saturated carbocycles. The van der Waals surface area contributed by atoms with Crippen molar-refractivity contribution in [2.75, 3.05) is 27.7 Å². The molecule has 0 bridgehead atoms. The van der Waals surface area contributed by atoms with Gasteiger partial charge in [0.1, 0.15) is 4.90 Å². The van der Waals surface area contributed by atoms with E-state index in [4.69, 9.17) is 11.6 Å². The molecule has 1 aromatic rings. The molecule has 6 nitrogen and oxygen atoms in total. The Balaban J connectivity index is 2.29. The van der Waals surface area contributed by atoms with E-state index in [-0.39, 0.29) is 16.3 Å². The topological polar surface area (TPSA) is 69.3 Å². The lowest BCUT2D eigenvalue weighted by Gasteiger charge is -2.48. The fourth-order valence-corrected chi connectivity index (χ4v) is 4.73. The van der Waals surface area contributed by atoms with E-state index in [0.717, 1.165) is 19.3 Å². The molecule has 120 valence electrons. The second-order valence-electron chi connectivity index (χ2n) is 5.99. The van der Waals surface area contributed by atoms with Crippen LogP contribution in [0.1, 0.15) is 30.7 Å². The average molecular weight is 335 g/mol. The number of halogens is 1. The lowest BCUT2D eigenvalue weighted by molar-refractivity contribution is 0.0455. The third kappa shape index (κ3) is 2.84. The molecule has 1 aromatic heterocycles. The molecule has 21 heavy (non-hydrogen) atoms. The van der Waals surface area contributed by atoms with Crippen molar-refractivity contribution in [3.05, 3.63) is 11.4 Å². The fourth-order valence-electron chi connectivity index (χ4n) is 2.89. The number of hydrogen-bond acceptors (Lipinski definition) is 4. The number of alkyl halides is 1. The molecule has 1 heterocycles. The zero-order chi connectivity index (χ0) is 15.8. The number of aromatic nitrogens is 2. The van der Waals surface area contributed by atoms with Crippen LogP contribution in [-0.4, -0.2) is 61.0 Å². The highest BCUT2D eigenvalue weighted by Gasteiger charge is 2.42. The maximum absolute atomic E-state index is 12.8. The van der Waals surface area contributed by atoms with Gasteiger partial charge in [0, 0.05) is 19.1 Å². The summed E-state index contributed by atoms with van der Waals surface area (Å²) in [6.45, 7) is 2.18. The molecule has 1 aliphatic carbocycles. The van der Waals surface area contributed by atoms with Crippen LogP contribution in [0.2, 0.25) is 0 Å². The van der Waals surface area contributed by atoms with Crippen molar-refractivity contribution in [1.82, 2.24) is 19.4 Å². The number of H-pyrrole nitrogens is 1. The van der Waals surface area contributed by atoms with Gasteiger partial charge in [0.05, 0.1) is 17.3 Å². The summed E-state index contributed by atoms with van der Waals surface area (Å²) in [4.78, 5) is 2.35. The van der Waals surface area contributed by atoms with Gasteiger partial charge in [-0.2, -0.15) is 9.40 Å². The normalized spacial score (nSPS) is 18.2. The number of aromatic amines is 1. The summed E-state index contributed by atoms with van der Waals surface area (Å²) in [5, 5.41) is 6.69. The van der Waals surface area contributed by atoms with Gasteiger partial charge < -0.3 is 4.90 Å². The Labute approximate surface area is 131 Å². The number of sulfonamides is 1. The van der Waals surface area contributed by atoms with Gasteiger partial charge in [-0.1, -0.05) is 0 Å². The Morgan fingerprint density at radius 1 is 1.33 bits per heavy atom. The molecule has 0 atom stereocenters. The number of aryl methyl sites for hydroxylation is 1. The van der Waals surface area contributed by atoms with Crippen molar-refractivity contribution in [3.63, 3.8) is 0 Å². The second-order valence-corrected chi connectivity index (χ2v) is 8.24. The molecule has 2 rings (SSSR count). The molecule has 0 aliphatic heterocycles. The van der Waals surface area contributed by atoms with E-state index in [2.05, 4.69) is 15.1 Å². The van der Waals surface area contributed by atoms with Gasteiger partial charge >= 0.3 is 0 Å². The number of nitrogens with one attached hydrogen (secondary N) is 1. The first-order valence-corrected chi connectivity index (χ1v) is 8.95. The lowest BCUT2D eigenvalue weighted by atomic mass is 9.75. The van der Waals surface area contributed by atoms with E-state index in [1.54, 1.807) is 14.0 Å². The van der Waals surface area contributed by atoms with Gasteiger partial charge in [0.25, 0.3) is 0 Å². The summed E-state index contributed by atoms with van der Waals surface area (Å²) in [5.41, 5.74) is 0.860. The maximum Gasteiger partial charge on any atom is 0.246 e. The third-order valence-corrected chi connectivity index (χ3v) is 6.77. The maximum atomic E-state index is 12.8. The molecule has 0 unspecified atom stereocenters. The molecule has 0 amide bonds. The predicted molar refractivity (Wildman–Crippen MR) is 83.0 cm³/mol. The van der Waals surface area contributed by atoms with E-state index in [0.29, 0.717) is 17.9 Å². The van der Waals surface area contributed by atoms with Crippen LogP contribution in [0, 0.1) is 6.92 Å². The lowest BCUT2D eigenvalue weighted by Crippen LogP contribution is -2.57. The van der Waals surface area contributed by atoms with Gasteiger partial charge in [-0.3, -0.25) is 5.10 Å². The molecule has 1 N–H and O–H groups in total. The monoisotopic (exact) mass is 334 g/mol. The Bertz CT molecular complexity index is 608. The van der Waals surface area contributed by atoms with Gasteiger partial charge in [-0.15, -0.1) is 11.6 Å². The molecule has 1 fully saturated rings. The van der Waals surface area contributed by atoms with E-state index in [1.807, 2.05) is 14.1 Å². The first-order valence-electron chi connectivity index (χ1n) is 6.98. The molecular weight excluding hydrogens is 312 g/mol. The minimum Gasteiger partial charge on any atom is -0.302 e. The van der Waals surface area contributed by atoms with Crippen LogP contribution in [0.3, 0.4) is 0 Å². The number of likely N-dealkylation sites (N-methyl/N-ethyl adjacent to an activating group) is 2. The Kier molecular flexibility index (Phi) is 4.68. The van der Waals surface area contributed by atoms with Gasteiger partial charge in [0.15, 0.2) is 0 Å². The van der Waals surface area contributed by atoms with Crippen molar-refractivity contribution < 1.29 is 8.42 Å². The first kappa shape index (κ1) is 16.7. The fraction of sp³-hybridized carbons (Fsp3) is 0.769. The zero-order valence-electron chi connectivity index (χ0n) is 13.0. The third-order valence-electron chi connectivity index (χ3n) is 4.51. The molecule has 0 aromatic carbocycles. The summed E-state index contributed by atoms with van der Waals surface area (Å²) in [6, 6.07) is 0. The molecular formula is C13H23ClN4O2S. The standard InChI is InChI=1S/C13H23ClN4O2S/c1-10-12(11(8-14)16-15-10)21(19,20)18(4)9-13(17(2)3)6-5-7-13/h5-9H2,1-4H3,(H,15,16). The van der Waals surface area contributed by atoms with Crippen LogP contribution < -0.4 is 0 Å². The summed E-state index contributed by atoms with van der Waals surface area (Å²) in [6.07, 6.45) is 3.18. The number of rotatable bonds is 6. The summed E-state index contributed by atoms with van der Waals surface area (Å²) in [7, 11) is 2.06. The SMILES string of the molecule is Cc1[nH]nc(CCl)c1S(=O)(=O)N(C)CC1(N(C)C)CCC1. The van der Waals surface area contributed by atoms with Crippen LogP contribution in [0.5, 0.6) is 0 Å². The smallest absolute Gasteiger partial charge is 0.246 e. The Hall–Kier alpha value is -0.630. The van der Waals surface area contributed by atoms with Crippen molar-refractivity contribution in [2.45, 2.75) is 42.5 Å². The Morgan fingerprint density at radius 2 is 1.95 bits per heavy atom. The van der Waals surface area contributed by atoms with Gasteiger partial charge in [0.2, 0.25) is 10.0 Å². The highest BCUT2D eigenvalue weighted by molar-refractivity contribution is 7.89. The van der Waals surface area contributed by atoms with Crippen LogP contribution >= 0.6 is 11.6 Å².